The Morgan fingerprint density at radius 2 is 1.74 bits per heavy atom. The lowest BCUT2D eigenvalue weighted by atomic mass is 10.0. The predicted molar refractivity (Wildman–Crippen MR) is 113 cm³/mol. The highest BCUT2D eigenvalue weighted by Gasteiger charge is 2.15. The number of hydrazine groups is 1. The number of hydrogen-bond acceptors (Lipinski definition) is 3. The van der Waals surface area contributed by atoms with Gasteiger partial charge < -0.3 is 5.32 Å². The molecule has 1 aromatic carbocycles. The van der Waals surface area contributed by atoms with Gasteiger partial charge in [0.2, 0.25) is 5.91 Å². The van der Waals surface area contributed by atoms with Crippen molar-refractivity contribution in [3.8, 4) is 0 Å². The quantitative estimate of drug-likeness (QED) is 0.259. The van der Waals surface area contributed by atoms with Gasteiger partial charge in [0.1, 0.15) is 0 Å². The summed E-state index contributed by atoms with van der Waals surface area (Å²) < 4.78 is 0. The van der Waals surface area contributed by atoms with E-state index in [0.717, 1.165) is 19.3 Å². The van der Waals surface area contributed by atoms with Crippen LogP contribution in [-0.2, 0) is 11.2 Å². The molecular formula is C21H31N3O2S. The average molecular weight is 390 g/mol. The zero-order valence-corrected chi connectivity index (χ0v) is 17.0. The Hall–Kier alpha value is -1.95. The molecule has 1 aromatic rings. The lowest BCUT2D eigenvalue weighted by Gasteiger charge is -2.16. The molecule has 0 heterocycles. The molecule has 3 N–H and O–H groups in total. The van der Waals surface area contributed by atoms with Crippen molar-refractivity contribution < 1.29 is 9.59 Å². The molecule has 1 aliphatic carbocycles. The van der Waals surface area contributed by atoms with Crippen LogP contribution in [0.15, 0.2) is 24.3 Å². The van der Waals surface area contributed by atoms with Crippen molar-refractivity contribution in [1.29, 1.82) is 0 Å². The Morgan fingerprint density at radius 3 is 2.41 bits per heavy atom. The van der Waals surface area contributed by atoms with Gasteiger partial charge in [-0.05, 0) is 43.5 Å². The third kappa shape index (κ3) is 8.08. The molecule has 0 aromatic heterocycles. The molecule has 1 aliphatic rings. The van der Waals surface area contributed by atoms with Gasteiger partial charge in [0.05, 0.1) is 0 Å². The fourth-order valence-corrected chi connectivity index (χ4v) is 3.51. The molecule has 5 nitrogen and oxygen atoms in total. The number of benzene rings is 1. The largest absolute Gasteiger partial charge is 0.359 e. The zero-order chi connectivity index (χ0) is 19.5. The van der Waals surface area contributed by atoms with E-state index in [1.54, 1.807) is 0 Å². The number of thiocarbonyl (C=S) groups is 1. The van der Waals surface area contributed by atoms with Crippen molar-refractivity contribution in [2.45, 2.75) is 77.2 Å². The minimum Gasteiger partial charge on any atom is -0.359 e. The number of unbranched alkanes of at least 4 members (excludes halogenated alkanes) is 2. The van der Waals surface area contributed by atoms with Crippen molar-refractivity contribution >= 4 is 29.0 Å². The normalized spacial score (nSPS) is 14.0. The minimum atomic E-state index is -0.241. The first-order valence-electron chi connectivity index (χ1n) is 10.1. The Balaban J connectivity index is 1.65. The number of hydrogen-bond donors (Lipinski definition) is 3. The van der Waals surface area contributed by atoms with Crippen LogP contribution in [0, 0.1) is 0 Å². The molecule has 1 amide bonds. The van der Waals surface area contributed by atoms with Crippen LogP contribution in [-0.4, -0.2) is 22.8 Å². The van der Waals surface area contributed by atoms with Crippen LogP contribution >= 0.6 is 12.2 Å². The summed E-state index contributed by atoms with van der Waals surface area (Å²) in [6.07, 6.45) is 9.63. The second-order valence-electron chi connectivity index (χ2n) is 7.21. The van der Waals surface area contributed by atoms with Crippen LogP contribution in [0.1, 0.15) is 80.6 Å². The van der Waals surface area contributed by atoms with Gasteiger partial charge in [-0.2, -0.15) is 0 Å². The molecule has 0 bridgehead atoms. The third-order valence-electron chi connectivity index (χ3n) is 4.93. The van der Waals surface area contributed by atoms with Gasteiger partial charge in [-0.1, -0.05) is 56.9 Å². The molecule has 6 heteroatoms. The molecule has 1 saturated carbocycles. The summed E-state index contributed by atoms with van der Waals surface area (Å²) in [6, 6.07) is 8.14. The van der Waals surface area contributed by atoms with Crippen molar-refractivity contribution in [3.63, 3.8) is 0 Å². The highest BCUT2D eigenvalue weighted by Crippen LogP contribution is 2.17. The molecule has 0 atom stereocenters. The summed E-state index contributed by atoms with van der Waals surface area (Å²) in [7, 11) is 0. The van der Waals surface area contributed by atoms with Crippen LogP contribution in [0.25, 0.3) is 0 Å². The van der Waals surface area contributed by atoms with E-state index in [2.05, 4.69) is 23.1 Å². The van der Waals surface area contributed by atoms with Gasteiger partial charge in [0, 0.05) is 24.4 Å². The fraction of sp³-hybridized carbons (Fsp3) is 0.571. The number of carbonyl (C=O) groups excluding carboxylic acids is 2. The van der Waals surface area contributed by atoms with Crippen LogP contribution in [0.5, 0.6) is 0 Å². The van der Waals surface area contributed by atoms with Crippen molar-refractivity contribution in [1.82, 2.24) is 16.2 Å². The molecule has 0 aliphatic heterocycles. The standard InChI is InChI=1S/C21H31N3O2S/c1-2-3-4-7-16-10-12-17(13-11-16)19(25)14-15-20(26)23-24-21(27)22-18-8-5-6-9-18/h10-13,18H,2-9,14-15H2,1H3,(H,23,26)(H2,22,24,27). The van der Waals surface area contributed by atoms with Crippen molar-refractivity contribution in [2.24, 2.45) is 0 Å². The maximum Gasteiger partial charge on any atom is 0.238 e. The number of ketones is 1. The zero-order valence-electron chi connectivity index (χ0n) is 16.2. The van der Waals surface area contributed by atoms with Gasteiger partial charge in [0.15, 0.2) is 10.9 Å². The van der Waals surface area contributed by atoms with Crippen LogP contribution in [0.4, 0.5) is 0 Å². The van der Waals surface area contributed by atoms with E-state index >= 15 is 0 Å². The Bertz CT molecular complexity index is 625. The number of rotatable bonds is 9. The topological polar surface area (TPSA) is 70.2 Å². The first-order chi connectivity index (χ1) is 13.1. The molecule has 0 radical (unpaired) electrons. The molecule has 0 spiro atoms. The molecule has 1 fully saturated rings. The number of aryl methyl sites for hydroxylation is 1. The summed E-state index contributed by atoms with van der Waals surface area (Å²) in [5.41, 5.74) is 7.19. The van der Waals surface area contributed by atoms with E-state index in [4.69, 9.17) is 12.2 Å². The maximum absolute atomic E-state index is 12.3. The van der Waals surface area contributed by atoms with E-state index in [-0.39, 0.29) is 24.5 Å². The number of amides is 1. The Morgan fingerprint density at radius 1 is 1.04 bits per heavy atom. The highest BCUT2D eigenvalue weighted by molar-refractivity contribution is 7.80. The average Bonchev–Trinajstić information content (AvgIpc) is 3.18. The monoisotopic (exact) mass is 389 g/mol. The summed E-state index contributed by atoms with van der Waals surface area (Å²) in [5, 5.41) is 3.62. The summed E-state index contributed by atoms with van der Waals surface area (Å²) in [5.74, 6) is -0.257. The van der Waals surface area contributed by atoms with E-state index in [1.807, 2.05) is 24.3 Å². The second-order valence-corrected chi connectivity index (χ2v) is 7.61. The number of Topliss-reactive ketones (excluding diaryl/α,β-unsaturated/α-hetero) is 1. The minimum absolute atomic E-state index is 0.0167. The lowest BCUT2D eigenvalue weighted by Crippen LogP contribution is -2.49. The van der Waals surface area contributed by atoms with E-state index in [9.17, 15) is 9.59 Å². The summed E-state index contributed by atoms with van der Waals surface area (Å²) >= 11 is 5.17. The lowest BCUT2D eigenvalue weighted by molar-refractivity contribution is -0.121. The molecular weight excluding hydrogens is 358 g/mol. The van der Waals surface area contributed by atoms with Gasteiger partial charge >= 0.3 is 0 Å². The SMILES string of the molecule is CCCCCc1ccc(C(=O)CCC(=O)NNC(=S)NC2CCCC2)cc1. The summed E-state index contributed by atoms with van der Waals surface area (Å²) in [6.45, 7) is 2.19. The molecule has 0 saturated heterocycles. The number of carbonyl (C=O) groups is 2. The van der Waals surface area contributed by atoms with Crippen molar-refractivity contribution in [3.05, 3.63) is 35.4 Å². The van der Waals surface area contributed by atoms with E-state index in [0.29, 0.717) is 16.7 Å². The first-order valence-corrected chi connectivity index (χ1v) is 10.5. The second kappa shape index (κ2) is 11.7. The molecule has 27 heavy (non-hydrogen) atoms. The predicted octanol–water partition coefficient (Wildman–Crippen LogP) is 3.82. The van der Waals surface area contributed by atoms with Gasteiger partial charge in [-0.15, -0.1) is 0 Å². The number of nitrogens with one attached hydrogen (secondary N) is 3. The molecule has 0 unspecified atom stereocenters. The smallest absolute Gasteiger partial charge is 0.238 e. The van der Waals surface area contributed by atoms with Crippen molar-refractivity contribution in [2.75, 3.05) is 0 Å². The summed E-state index contributed by atoms with van der Waals surface area (Å²) in [4.78, 5) is 24.2. The van der Waals surface area contributed by atoms with Crippen LogP contribution in [0.2, 0.25) is 0 Å². The van der Waals surface area contributed by atoms with Gasteiger partial charge in [0.25, 0.3) is 0 Å². The molecule has 2 rings (SSSR count). The van der Waals surface area contributed by atoms with Crippen LogP contribution < -0.4 is 16.2 Å². The molecule has 148 valence electrons. The van der Waals surface area contributed by atoms with Crippen LogP contribution in [0.3, 0.4) is 0 Å². The highest BCUT2D eigenvalue weighted by atomic mass is 32.1. The van der Waals surface area contributed by atoms with E-state index in [1.165, 1.54) is 37.7 Å². The fourth-order valence-electron chi connectivity index (χ4n) is 3.29. The van der Waals surface area contributed by atoms with Gasteiger partial charge in [-0.3, -0.25) is 20.4 Å². The van der Waals surface area contributed by atoms with Gasteiger partial charge in [-0.25, -0.2) is 0 Å². The maximum atomic E-state index is 12.3. The Kier molecular flexibility index (Phi) is 9.25. The first kappa shape index (κ1) is 21.4. The Labute approximate surface area is 167 Å². The van der Waals surface area contributed by atoms with E-state index < -0.39 is 0 Å². The third-order valence-corrected chi connectivity index (χ3v) is 5.15.